The molecule has 21 heavy (non-hydrogen) atoms. The smallest absolute Gasteiger partial charge is 0.336 e. The molecule has 1 aliphatic rings. The average molecular weight is 286 g/mol. The number of aromatic nitrogens is 3. The van der Waals surface area contributed by atoms with E-state index in [1.165, 1.54) is 0 Å². The Balaban J connectivity index is 1.82. The molecule has 0 amide bonds. The highest BCUT2D eigenvalue weighted by Gasteiger charge is 2.29. The molecule has 0 aliphatic carbocycles. The predicted molar refractivity (Wildman–Crippen MR) is 76.9 cm³/mol. The first-order valence-corrected chi connectivity index (χ1v) is 7.09. The van der Waals surface area contributed by atoms with Crippen LogP contribution in [0.5, 0.6) is 0 Å². The third kappa shape index (κ3) is 2.80. The van der Waals surface area contributed by atoms with Crippen molar-refractivity contribution in [2.24, 2.45) is 0 Å². The molecule has 6 heteroatoms. The standard InChI is InChI=1S/C15H18N4O2/c1-10-16-14(18-17-10)13-7-4-8-19(13)9-11-5-2-3-6-12(11)15(20)21/h2-3,5-6,13H,4,7-9H2,1H3,(H,20,21)(H,16,17,18)/t13-/m0/s1. The SMILES string of the molecule is Cc1nc([C@@H]2CCCN2Cc2ccccc2C(=O)O)n[nH]1. The van der Waals surface area contributed by atoms with Crippen molar-refractivity contribution in [2.75, 3.05) is 6.54 Å². The second kappa shape index (κ2) is 5.65. The summed E-state index contributed by atoms with van der Waals surface area (Å²) in [5.74, 6) is 0.732. The number of carboxylic acids is 1. The molecule has 0 saturated carbocycles. The van der Waals surface area contributed by atoms with Gasteiger partial charge in [0.2, 0.25) is 0 Å². The monoisotopic (exact) mass is 286 g/mol. The minimum absolute atomic E-state index is 0.164. The van der Waals surface area contributed by atoms with Gasteiger partial charge in [-0.3, -0.25) is 10.00 Å². The molecule has 1 saturated heterocycles. The summed E-state index contributed by atoms with van der Waals surface area (Å²) in [6.45, 7) is 3.43. The molecule has 1 aliphatic heterocycles. The van der Waals surface area contributed by atoms with Crippen LogP contribution in [0.3, 0.4) is 0 Å². The summed E-state index contributed by atoms with van der Waals surface area (Å²) >= 11 is 0. The van der Waals surface area contributed by atoms with Crippen LogP contribution in [-0.4, -0.2) is 37.7 Å². The minimum atomic E-state index is -0.880. The van der Waals surface area contributed by atoms with E-state index in [0.29, 0.717) is 12.1 Å². The second-order valence-corrected chi connectivity index (χ2v) is 5.37. The van der Waals surface area contributed by atoms with Gasteiger partial charge in [0.15, 0.2) is 5.82 Å². The van der Waals surface area contributed by atoms with E-state index in [1.54, 1.807) is 12.1 Å². The van der Waals surface area contributed by atoms with Gasteiger partial charge in [-0.1, -0.05) is 18.2 Å². The summed E-state index contributed by atoms with van der Waals surface area (Å²) in [7, 11) is 0. The van der Waals surface area contributed by atoms with Gasteiger partial charge in [0.05, 0.1) is 11.6 Å². The maximum Gasteiger partial charge on any atom is 0.336 e. The summed E-state index contributed by atoms with van der Waals surface area (Å²) in [5, 5.41) is 16.4. The van der Waals surface area contributed by atoms with Gasteiger partial charge in [0.1, 0.15) is 5.82 Å². The first-order chi connectivity index (χ1) is 10.1. The van der Waals surface area contributed by atoms with Gasteiger partial charge in [0, 0.05) is 6.54 Å². The number of likely N-dealkylation sites (tertiary alicyclic amines) is 1. The van der Waals surface area contributed by atoms with Crippen molar-refractivity contribution in [3.05, 3.63) is 47.0 Å². The lowest BCUT2D eigenvalue weighted by atomic mass is 10.1. The number of hydrogen-bond acceptors (Lipinski definition) is 4. The number of carbonyl (C=O) groups is 1. The molecule has 0 radical (unpaired) electrons. The summed E-state index contributed by atoms with van der Waals surface area (Å²) < 4.78 is 0. The number of nitrogens with zero attached hydrogens (tertiary/aromatic N) is 3. The van der Waals surface area contributed by atoms with Gasteiger partial charge in [-0.15, -0.1) is 0 Å². The lowest BCUT2D eigenvalue weighted by molar-refractivity contribution is 0.0694. The van der Waals surface area contributed by atoms with Gasteiger partial charge < -0.3 is 5.11 Å². The summed E-state index contributed by atoms with van der Waals surface area (Å²) in [6, 6.07) is 7.33. The maximum atomic E-state index is 11.3. The second-order valence-electron chi connectivity index (χ2n) is 5.37. The normalized spacial score (nSPS) is 19.0. The van der Waals surface area contributed by atoms with E-state index in [-0.39, 0.29) is 6.04 Å². The van der Waals surface area contributed by atoms with Crippen LogP contribution >= 0.6 is 0 Å². The molecule has 2 heterocycles. The van der Waals surface area contributed by atoms with Gasteiger partial charge in [0.25, 0.3) is 0 Å². The first kappa shape index (κ1) is 13.8. The number of benzene rings is 1. The fourth-order valence-corrected chi connectivity index (χ4v) is 2.90. The molecule has 0 bridgehead atoms. The van der Waals surface area contributed by atoms with Crippen molar-refractivity contribution in [3.63, 3.8) is 0 Å². The van der Waals surface area contributed by atoms with Crippen LogP contribution in [0.25, 0.3) is 0 Å². The molecule has 1 aromatic heterocycles. The van der Waals surface area contributed by atoms with Gasteiger partial charge in [-0.05, 0) is 37.9 Å². The van der Waals surface area contributed by atoms with E-state index in [2.05, 4.69) is 20.1 Å². The Labute approximate surface area is 122 Å². The molecular weight excluding hydrogens is 268 g/mol. The van der Waals surface area contributed by atoms with E-state index in [1.807, 2.05) is 19.1 Å². The van der Waals surface area contributed by atoms with Gasteiger partial charge >= 0.3 is 5.97 Å². The van der Waals surface area contributed by atoms with Crippen molar-refractivity contribution in [2.45, 2.75) is 32.4 Å². The molecule has 1 atom stereocenters. The average Bonchev–Trinajstić information content (AvgIpc) is 3.08. The van der Waals surface area contributed by atoms with Crippen LogP contribution in [-0.2, 0) is 6.54 Å². The number of aromatic carboxylic acids is 1. The third-order valence-electron chi connectivity index (χ3n) is 3.90. The quantitative estimate of drug-likeness (QED) is 0.900. The van der Waals surface area contributed by atoms with E-state index in [0.717, 1.165) is 36.6 Å². The molecule has 6 nitrogen and oxygen atoms in total. The van der Waals surface area contributed by atoms with E-state index in [9.17, 15) is 9.90 Å². The Morgan fingerprint density at radius 2 is 2.29 bits per heavy atom. The van der Waals surface area contributed by atoms with Gasteiger partial charge in [-0.2, -0.15) is 5.10 Å². The fraction of sp³-hybridized carbons (Fsp3) is 0.400. The van der Waals surface area contributed by atoms with Gasteiger partial charge in [-0.25, -0.2) is 9.78 Å². The minimum Gasteiger partial charge on any atom is -0.478 e. The van der Waals surface area contributed by atoms with Crippen molar-refractivity contribution in [1.82, 2.24) is 20.1 Å². The number of carboxylic acid groups (broad SMARTS) is 1. The predicted octanol–water partition coefficient (Wildman–Crippen LogP) is 2.15. The molecule has 0 spiro atoms. The zero-order valence-electron chi connectivity index (χ0n) is 11.9. The third-order valence-corrected chi connectivity index (χ3v) is 3.90. The summed E-state index contributed by atoms with van der Waals surface area (Å²) in [6.07, 6.45) is 2.08. The topological polar surface area (TPSA) is 82.1 Å². The largest absolute Gasteiger partial charge is 0.478 e. The van der Waals surface area contributed by atoms with E-state index >= 15 is 0 Å². The van der Waals surface area contributed by atoms with Crippen molar-refractivity contribution in [3.8, 4) is 0 Å². The Kier molecular flexibility index (Phi) is 3.70. The highest BCUT2D eigenvalue weighted by atomic mass is 16.4. The molecule has 3 rings (SSSR count). The van der Waals surface area contributed by atoms with Crippen molar-refractivity contribution in [1.29, 1.82) is 0 Å². The number of H-pyrrole nitrogens is 1. The number of aromatic amines is 1. The molecule has 2 aromatic rings. The van der Waals surface area contributed by atoms with E-state index < -0.39 is 5.97 Å². The number of hydrogen-bond donors (Lipinski definition) is 2. The maximum absolute atomic E-state index is 11.3. The molecule has 1 aromatic carbocycles. The Morgan fingerprint density at radius 3 is 3.00 bits per heavy atom. The zero-order valence-corrected chi connectivity index (χ0v) is 11.9. The van der Waals surface area contributed by atoms with Crippen LogP contribution in [0.2, 0.25) is 0 Å². The van der Waals surface area contributed by atoms with Crippen LogP contribution in [0.1, 0.15) is 46.5 Å². The molecule has 110 valence electrons. The van der Waals surface area contributed by atoms with E-state index in [4.69, 9.17) is 0 Å². The Morgan fingerprint density at radius 1 is 1.48 bits per heavy atom. The molecule has 2 N–H and O–H groups in total. The lowest BCUT2D eigenvalue weighted by Gasteiger charge is -2.22. The summed E-state index contributed by atoms with van der Waals surface area (Å²) in [4.78, 5) is 18.0. The Hall–Kier alpha value is -2.21. The first-order valence-electron chi connectivity index (χ1n) is 7.09. The molecular formula is C15H18N4O2. The number of nitrogens with one attached hydrogen (secondary N) is 1. The van der Waals surface area contributed by atoms with Crippen molar-refractivity contribution >= 4 is 5.97 Å². The Bertz CT molecular complexity index is 653. The van der Waals surface area contributed by atoms with Crippen LogP contribution in [0, 0.1) is 6.92 Å². The fourth-order valence-electron chi connectivity index (χ4n) is 2.90. The molecule has 1 fully saturated rings. The highest BCUT2D eigenvalue weighted by Crippen LogP contribution is 2.31. The number of rotatable bonds is 4. The van der Waals surface area contributed by atoms with Crippen LogP contribution < -0.4 is 0 Å². The lowest BCUT2D eigenvalue weighted by Crippen LogP contribution is -2.24. The van der Waals surface area contributed by atoms with Crippen LogP contribution in [0.4, 0.5) is 0 Å². The molecule has 0 unspecified atom stereocenters. The summed E-state index contributed by atoms with van der Waals surface area (Å²) in [5.41, 5.74) is 1.21. The van der Waals surface area contributed by atoms with Crippen LogP contribution in [0.15, 0.2) is 24.3 Å². The van der Waals surface area contributed by atoms with Crippen molar-refractivity contribution < 1.29 is 9.90 Å². The highest BCUT2D eigenvalue weighted by molar-refractivity contribution is 5.89. The zero-order chi connectivity index (χ0) is 14.8. The number of aryl methyl sites for hydroxylation is 1.